The highest BCUT2D eigenvalue weighted by Crippen LogP contribution is 2.22. The fourth-order valence-corrected chi connectivity index (χ4v) is 1.91. The lowest BCUT2D eigenvalue weighted by molar-refractivity contribution is 0.0471. The predicted octanol–water partition coefficient (Wildman–Crippen LogP) is 3.09. The van der Waals surface area contributed by atoms with Gasteiger partial charge in [0.05, 0.1) is 11.3 Å². The number of hydrogen-bond donors (Lipinski definition) is 2. The first-order valence-electron chi connectivity index (χ1n) is 5.57. The Morgan fingerprint density at radius 2 is 2.00 bits per heavy atom. The lowest BCUT2D eigenvalue weighted by Gasteiger charge is -2.07. The van der Waals surface area contributed by atoms with Crippen molar-refractivity contribution in [2.75, 3.05) is 5.73 Å². The minimum absolute atomic E-state index is 0.129. The van der Waals surface area contributed by atoms with Crippen LogP contribution in [0.4, 0.5) is 5.69 Å². The normalized spacial score (nSPS) is 10.2. The number of anilines is 1. The lowest BCUT2D eigenvalue weighted by atomic mass is 10.2. The zero-order chi connectivity index (χ0) is 13.8. The number of benzene rings is 2. The first-order valence-corrected chi connectivity index (χ1v) is 6.36. The third-order valence-corrected chi connectivity index (χ3v) is 3.36. The molecule has 0 amide bonds. The molecule has 2 rings (SSSR count). The molecule has 3 N–H and O–H groups in total. The summed E-state index contributed by atoms with van der Waals surface area (Å²) in [7, 11) is 0. The van der Waals surface area contributed by atoms with Crippen LogP contribution in [-0.2, 0) is 11.3 Å². The Labute approximate surface area is 118 Å². The third-order valence-electron chi connectivity index (χ3n) is 2.58. The van der Waals surface area contributed by atoms with Crippen molar-refractivity contribution >= 4 is 27.6 Å². The standard InChI is InChI=1S/C14H12BrNO3/c15-11-4-2-1-3-10(11)8-19-14(18)9-5-6-12(16)13(17)7-9/h1-7,17H,8,16H2. The van der Waals surface area contributed by atoms with Gasteiger partial charge in [-0.1, -0.05) is 34.1 Å². The Kier molecular flexibility index (Phi) is 4.06. The predicted molar refractivity (Wildman–Crippen MR) is 75.8 cm³/mol. The number of phenols is 1. The maximum Gasteiger partial charge on any atom is 0.338 e. The van der Waals surface area contributed by atoms with Crippen LogP contribution in [-0.4, -0.2) is 11.1 Å². The summed E-state index contributed by atoms with van der Waals surface area (Å²) in [4.78, 5) is 11.8. The van der Waals surface area contributed by atoms with Gasteiger partial charge in [-0.2, -0.15) is 0 Å². The summed E-state index contributed by atoms with van der Waals surface area (Å²) in [5.41, 5.74) is 6.82. The SMILES string of the molecule is Nc1ccc(C(=O)OCc2ccccc2Br)cc1O. The molecular formula is C14H12BrNO3. The zero-order valence-corrected chi connectivity index (χ0v) is 11.6. The summed E-state index contributed by atoms with van der Waals surface area (Å²) in [5.74, 6) is -0.638. The van der Waals surface area contributed by atoms with E-state index in [2.05, 4.69) is 15.9 Å². The summed E-state index contributed by atoms with van der Waals surface area (Å²) >= 11 is 3.38. The Morgan fingerprint density at radius 3 is 2.68 bits per heavy atom. The minimum Gasteiger partial charge on any atom is -0.506 e. The third kappa shape index (κ3) is 3.26. The summed E-state index contributed by atoms with van der Waals surface area (Å²) in [6.07, 6.45) is 0. The molecular weight excluding hydrogens is 310 g/mol. The average molecular weight is 322 g/mol. The van der Waals surface area contributed by atoms with Gasteiger partial charge in [0.25, 0.3) is 0 Å². The van der Waals surface area contributed by atoms with E-state index in [1.807, 2.05) is 24.3 Å². The van der Waals surface area contributed by atoms with Crippen molar-refractivity contribution in [3.05, 3.63) is 58.1 Å². The molecule has 0 heterocycles. The highest BCUT2D eigenvalue weighted by atomic mass is 79.9. The van der Waals surface area contributed by atoms with E-state index in [-0.39, 0.29) is 23.6 Å². The molecule has 4 nitrogen and oxygen atoms in total. The lowest BCUT2D eigenvalue weighted by Crippen LogP contribution is -2.05. The topological polar surface area (TPSA) is 72.6 Å². The van der Waals surface area contributed by atoms with Crippen molar-refractivity contribution in [1.82, 2.24) is 0 Å². The Morgan fingerprint density at radius 1 is 1.26 bits per heavy atom. The molecule has 0 bridgehead atoms. The van der Waals surface area contributed by atoms with Crippen molar-refractivity contribution in [3.8, 4) is 5.75 Å². The molecule has 0 radical (unpaired) electrons. The summed E-state index contributed by atoms with van der Waals surface area (Å²) < 4.78 is 6.05. The molecule has 0 unspecified atom stereocenters. The number of aromatic hydroxyl groups is 1. The number of rotatable bonds is 3. The monoisotopic (exact) mass is 321 g/mol. The number of ether oxygens (including phenoxy) is 1. The number of nitrogen functional groups attached to an aromatic ring is 1. The maximum atomic E-state index is 11.8. The van der Waals surface area contributed by atoms with E-state index in [0.717, 1.165) is 10.0 Å². The molecule has 0 aliphatic heterocycles. The highest BCUT2D eigenvalue weighted by molar-refractivity contribution is 9.10. The van der Waals surface area contributed by atoms with Crippen molar-refractivity contribution in [1.29, 1.82) is 0 Å². The Bertz CT molecular complexity index is 613. The van der Waals surface area contributed by atoms with Gasteiger partial charge in [-0.15, -0.1) is 0 Å². The molecule has 0 fully saturated rings. The van der Waals surface area contributed by atoms with Crippen LogP contribution in [0.5, 0.6) is 5.75 Å². The highest BCUT2D eigenvalue weighted by Gasteiger charge is 2.10. The van der Waals surface area contributed by atoms with Crippen LogP contribution in [0.25, 0.3) is 0 Å². The van der Waals surface area contributed by atoms with Crippen LogP contribution >= 0.6 is 15.9 Å². The zero-order valence-electron chi connectivity index (χ0n) is 9.97. The fraction of sp³-hybridized carbons (Fsp3) is 0.0714. The number of phenolic OH excluding ortho intramolecular Hbond substituents is 1. The minimum atomic E-state index is -0.508. The number of carbonyl (C=O) groups is 1. The molecule has 19 heavy (non-hydrogen) atoms. The number of esters is 1. The van der Waals surface area contributed by atoms with Gasteiger partial charge in [0.2, 0.25) is 0 Å². The molecule has 2 aromatic carbocycles. The van der Waals surface area contributed by atoms with E-state index in [9.17, 15) is 9.90 Å². The number of hydrogen-bond acceptors (Lipinski definition) is 4. The number of nitrogens with two attached hydrogens (primary N) is 1. The molecule has 98 valence electrons. The van der Waals surface area contributed by atoms with Gasteiger partial charge >= 0.3 is 5.97 Å². The van der Waals surface area contributed by atoms with Crippen molar-refractivity contribution in [2.24, 2.45) is 0 Å². The van der Waals surface area contributed by atoms with Crippen LogP contribution in [0.3, 0.4) is 0 Å². The number of halogens is 1. The number of carbonyl (C=O) groups excluding carboxylic acids is 1. The van der Waals surface area contributed by atoms with Gasteiger partial charge in [0.15, 0.2) is 0 Å². The van der Waals surface area contributed by atoms with Gasteiger partial charge in [-0.25, -0.2) is 4.79 Å². The summed E-state index contributed by atoms with van der Waals surface area (Å²) in [5, 5.41) is 9.44. The molecule has 5 heteroatoms. The maximum absolute atomic E-state index is 11.8. The Balaban J connectivity index is 2.05. The second-order valence-corrected chi connectivity index (χ2v) is 4.80. The quantitative estimate of drug-likeness (QED) is 0.517. The molecule has 0 atom stereocenters. The molecule has 0 aliphatic carbocycles. The van der Waals surface area contributed by atoms with Crippen molar-refractivity contribution in [3.63, 3.8) is 0 Å². The van der Waals surface area contributed by atoms with Crippen LogP contribution in [0, 0.1) is 0 Å². The fourth-order valence-electron chi connectivity index (χ4n) is 1.51. The van der Waals surface area contributed by atoms with E-state index < -0.39 is 5.97 Å². The average Bonchev–Trinajstić information content (AvgIpc) is 2.40. The first kappa shape index (κ1) is 13.4. The molecule has 0 aliphatic rings. The summed E-state index contributed by atoms with van der Waals surface area (Å²) in [6, 6.07) is 11.7. The molecule has 0 aromatic heterocycles. The van der Waals surface area contributed by atoms with Crippen LogP contribution in [0.15, 0.2) is 46.9 Å². The van der Waals surface area contributed by atoms with E-state index in [4.69, 9.17) is 10.5 Å². The van der Waals surface area contributed by atoms with Crippen LogP contribution < -0.4 is 5.73 Å². The largest absolute Gasteiger partial charge is 0.506 e. The first-order chi connectivity index (χ1) is 9.08. The van der Waals surface area contributed by atoms with Gasteiger partial charge in [0, 0.05) is 10.0 Å². The van der Waals surface area contributed by atoms with E-state index >= 15 is 0 Å². The van der Waals surface area contributed by atoms with Gasteiger partial charge < -0.3 is 15.6 Å². The molecule has 0 saturated heterocycles. The van der Waals surface area contributed by atoms with Crippen molar-refractivity contribution in [2.45, 2.75) is 6.61 Å². The second kappa shape index (κ2) is 5.75. The van der Waals surface area contributed by atoms with E-state index in [0.29, 0.717) is 0 Å². The van der Waals surface area contributed by atoms with Crippen LogP contribution in [0.2, 0.25) is 0 Å². The van der Waals surface area contributed by atoms with Crippen molar-refractivity contribution < 1.29 is 14.6 Å². The summed E-state index contributed by atoms with van der Waals surface area (Å²) in [6.45, 7) is 0.158. The van der Waals surface area contributed by atoms with E-state index in [1.165, 1.54) is 18.2 Å². The van der Waals surface area contributed by atoms with Gasteiger partial charge in [-0.05, 0) is 24.3 Å². The van der Waals surface area contributed by atoms with Gasteiger partial charge in [0.1, 0.15) is 12.4 Å². The van der Waals surface area contributed by atoms with Crippen LogP contribution in [0.1, 0.15) is 15.9 Å². The molecule has 0 spiro atoms. The smallest absolute Gasteiger partial charge is 0.338 e. The Hall–Kier alpha value is -2.01. The van der Waals surface area contributed by atoms with E-state index in [1.54, 1.807) is 0 Å². The molecule has 2 aromatic rings. The van der Waals surface area contributed by atoms with Gasteiger partial charge in [-0.3, -0.25) is 0 Å². The second-order valence-electron chi connectivity index (χ2n) is 3.94. The molecule has 0 saturated carbocycles.